The quantitative estimate of drug-likeness (QED) is 0.193. The topological polar surface area (TPSA) is 51.6 Å². The van der Waals surface area contributed by atoms with Gasteiger partial charge in [0.05, 0.1) is 0 Å². The standard InChI is InChI=1S/C42H26N4/c1-2-9-31(10-3-1)40-44-41(46-42(45-40)38-12-6-7-25-43-38)32-18-13-27(14-19-32)33-20-16-29-15-17-30-22-23-35-34-11-5-4-8-28(34)21-24-36(35)39(30)37(29)26-33/h1-26H. The Balaban J connectivity index is 1.16. The smallest absolute Gasteiger partial charge is 0.182 e. The van der Waals surface area contributed by atoms with E-state index in [1.54, 1.807) is 6.20 Å². The van der Waals surface area contributed by atoms with Crippen LogP contribution in [0.3, 0.4) is 0 Å². The highest BCUT2D eigenvalue weighted by molar-refractivity contribution is 6.24. The summed E-state index contributed by atoms with van der Waals surface area (Å²) in [7, 11) is 0. The number of fused-ring (bicyclic) bond motifs is 7. The van der Waals surface area contributed by atoms with Crippen molar-refractivity contribution in [1.82, 2.24) is 19.9 Å². The molecule has 7 aromatic carbocycles. The number of hydrogen-bond donors (Lipinski definition) is 0. The fourth-order valence-electron chi connectivity index (χ4n) is 6.46. The number of aromatic nitrogens is 4. The highest BCUT2D eigenvalue weighted by Gasteiger charge is 2.14. The van der Waals surface area contributed by atoms with Gasteiger partial charge in [-0.15, -0.1) is 0 Å². The molecule has 46 heavy (non-hydrogen) atoms. The van der Waals surface area contributed by atoms with Gasteiger partial charge in [-0.3, -0.25) is 4.98 Å². The van der Waals surface area contributed by atoms with Crippen molar-refractivity contribution in [2.45, 2.75) is 0 Å². The Hall–Kier alpha value is -6.26. The van der Waals surface area contributed by atoms with E-state index in [0.29, 0.717) is 23.2 Å². The molecule has 0 unspecified atom stereocenters. The van der Waals surface area contributed by atoms with Crippen LogP contribution in [-0.4, -0.2) is 19.9 Å². The maximum absolute atomic E-state index is 4.88. The van der Waals surface area contributed by atoms with Gasteiger partial charge in [0.1, 0.15) is 5.69 Å². The zero-order chi connectivity index (χ0) is 30.5. The van der Waals surface area contributed by atoms with Crippen molar-refractivity contribution in [2.75, 3.05) is 0 Å². The molecule has 0 aliphatic carbocycles. The molecule has 0 saturated carbocycles. The van der Waals surface area contributed by atoms with Gasteiger partial charge < -0.3 is 0 Å². The molecule has 9 aromatic rings. The highest BCUT2D eigenvalue weighted by atomic mass is 15.0. The highest BCUT2D eigenvalue weighted by Crippen LogP contribution is 2.37. The molecule has 214 valence electrons. The number of nitrogens with zero attached hydrogens (tertiary/aromatic N) is 4. The Bertz CT molecular complexity index is 2500. The Kier molecular flexibility index (Phi) is 6.10. The third-order valence-electron chi connectivity index (χ3n) is 8.76. The number of rotatable bonds is 4. The largest absolute Gasteiger partial charge is 0.253 e. The molecule has 0 bridgehead atoms. The van der Waals surface area contributed by atoms with E-state index in [1.165, 1.54) is 48.7 Å². The van der Waals surface area contributed by atoms with E-state index in [1.807, 2.05) is 48.5 Å². The van der Waals surface area contributed by atoms with Crippen LogP contribution in [0.4, 0.5) is 0 Å². The second-order valence-corrected chi connectivity index (χ2v) is 11.5. The zero-order valence-corrected chi connectivity index (χ0v) is 24.8. The maximum atomic E-state index is 4.88. The van der Waals surface area contributed by atoms with Crippen molar-refractivity contribution < 1.29 is 0 Å². The Morgan fingerprint density at radius 1 is 0.326 bits per heavy atom. The Morgan fingerprint density at radius 3 is 1.74 bits per heavy atom. The normalized spacial score (nSPS) is 11.5. The fourth-order valence-corrected chi connectivity index (χ4v) is 6.46. The van der Waals surface area contributed by atoms with Crippen LogP contribution in [0, 0.1) is 0 Å². The van der Waals surface area contributed by atoms with Crippen molar-refractivity contribution in [3.05, 3.63) is 158 Å². The van der Waals surface area contributed by atoms with E-state index in [-0.39, 0.29) is 0 Å². The average Bonchev–Trinajstić information content (AvgIpc) is 3.14. The minimum Gasteiger partial charge on any atom is -0.253 e. The first-order valence-electron chi connectivity index (χ1n) is 15.4. The Morgan fingerprint density at radius 2 is 0.913 bits per heavy atom. The molecule has 2 aromatic heterocycles. The first-order valence-corrected chi connectivity index (χ1v) is 15.4. The minimum absolute atomic E-state index is 0.551. The molecule has 0 atom stereocenters. The van der Waals surface area contributed by atoms with Crippen molar-refractivity contribution in [3.8, 4) is 45.4 Å². The molecule has 2 heterocycles. The summed E-state index contributed by atoms with van der Waals surface area (Å²) in [6, 6.07) is 53.1. The van der Waals surface area contributed by atoms with E-state index < -0.39 is 0 Å². The summed E-state index contributed by atoms with van der Waals surface area (Å²) in [6.07, 6.45) is 1.76. The lowest BCUT2D eigenvalue weighted by molar-refractivity contribution is 1.06. The second-order valence-electron chi connectivity index (χ2n) is 11.5. The summed E-state index contributed by atoms with van der Waals surface area (Å²) < 4.78 is 0. The molecule has 0 aliphatic heterocycles. The molecule has 0 spiro atoms. The second kappa shape index (κ2) is 10.7. The number of benzene rings is 7. The average molecular weight is 587 g/mol. The van der Waals surface area contributed by atoms with Gasteiger partial charge in [-0.1, -0.05) is 133 Å². The molecule has 0 aliphatic rings. The van der Waals surface area contributed by atoms with Crippen molar-refractivity contribution in [2.24, 2.45) is 0 Å². The Labute approximate surface area is 265 Å². The number of pyridine rings is 1. The van der Waals surface area contributed by atoms with Gasteiger partial charge in [0.2, 0.25) is 0 Å². The van der Waals surface area contributed by atoms with Crippen LogP contribution in [0.15, 0.2) is 158 Å². The number of hydrogen-bond acceptors (Lipinski definition) is 4. The summed E-state index contributed by atoms with van der Waals surface area (Å²) in [5.74, 6) is 1.79. The summed E-state index contributed by atoms with van der Waals surface area (Å²) >= 11 is 0. The summed E-state index contributed by atoms with van der Waals surface area (Å²) in [5.41, 5.74) is 4.87. The lowest BCUT2D eigenvalue weighted by Gasteiger charge is -2.12. The van der Waals surface area contributed by atoms with E-state index in [2.05, 4.69) is 108 Å². The van der Waals surface area contributed by atoms with Crippen LogP contribution in [0.5, 0.6) is 0 Å². The molecule has 9 rings (SSSR count). The third kappa shape index (κ3) is 4.47. The van der Waals surface area contributed by atoms with Crippen LogP contribution in [0.1, 0.15) is 0 Å². The van der Waals surface area contributed by atoms with E-state index >= 15 is 0 Å². The van der Waals surface area contributed by atoms with Gasteiger partial charge in [-0.25, -0.2) is 15.0 Å². The van der Waals surface area contributed by atoms with Gasteiger partial charge in [0.15, 0.2) is 17.5 Å². The molecule has 0 amide bonds. The molecule has 0 radical (unpaired) electrons. The van der Waals surface area contributed by atoms with Crippen LogP contribution in [-0.2, 0) is 0 Å². The fraction of sp³-hybridized carbons (Fsp3) is 0. The molecule has 0 saturated heterocycles. The van der Waals surface area contributed by atoms with Gasteiger partial charge >= 0.3 is 0 Å². The first-order chi connectivity index (χ1) is 22.8. The molecular formula is C42H26N4. The first kappa shape index (κ1) is 26.2. The van der Waals surface area contributed by atoms with Crippen molar-refractivity contribution in [3.63, 3.8) is 0 Å². The predicted molar refractivity (Wildman–Crippen MR) is 189 cm³/mol. The summed E-state index contributed by atoms with van der Waals surface area (Å²) in [4.78, 5) is 19.0. The zero-order valence-electron chi connectivity index (χ0n) is 24.8. The van der Waals surface area contributed by atoms with Crippen molar-refractivity contribution in [1.29, 1.82) is 0 Å². The van der Waals surface area contributed by atoms with Gasteiger partial charge in [-0.05, 0) is 72.4 Å². The monoisotopic (exact) mass is 586 g/mol. The molecule has 4 heteroatoms. The SMILES string of the molecule is c1ccc(-c2nc(-c3ccc(-c4ccc5ccc6ccc7c8ccccc8ccc7c6c5c4)cc3)nc(-c3ccccn3)n2)cc1. The lowest BCUT2D eigenvalue weighted by Crippen LogP contribution is -2.00. The van der Waals surface area contributed by atoms with Gasteiger partial charge in [0, 0.05) is 17.3 Å². The molecular weight excluding hydrogens is 560 g/mol. The van der Waals surface area contributed by atoms with E-state index in [0.717, 1.165) is 16.7 Å². The van der Waals surface area contributed by atoms with Crippen LogP contribution >= 0.6 is 0 Å². The summed E-state index contributed by atoms with van der Waals surface area (Å²) in [5, 5.41) is 10.1. The predicted octanol–water partition coefficient (Wildman–Crippen LogP) is 10.5. The van der Waals surface area contributed by atoms with Gasteiger partial charge in [0.25, 0.3) is 0 Å². The lowest BCUT2D eigenvalue weighted by atomic mass is 9.92. The maximum Gasteiger partial charge on any atom is 0.182 e. The van der Waals surface area contributed by atoms with E-state index in [9.17, 15) is 0 Å². The molecule has 4 nitrogen and oxygen atoms in total. The summed E-state index contributed by atoms with van der Waals surface area (Å²) in [6.45, 7) is 0. The van der Waals surface area contributed by atoms with E-state index in [4.69, 9.17) is 15.0 Å². The van der Waals surface area contributed by atoms with Crippen LogP contribution < -0.4 is 0 Å². The van der Waals surface area contributed by atoms with Crippen LogP contribution in [0.25, 0.3) is 88.5 Å². The minimum atomic E-state index is 0.551. The molecule has 0 N–H and O–H groups in total. The van der Waals surface area contributed by atoms with Crippen LogP contribution in [0.2, 0.25) is 0 Å². The third-order valence-corrected chi connectivity index (χ3v) is 8.76. The van der Waals surface area contributed by atoms with Crippen molar-refractivity contribution >= 4 is 43.1 Å². The molecule has 0 fully saturated rings. The van der Waals surface area contributed by atoms with Gasteiger partial charge in [-0.2, -0.15) is 0 Å².